The van der Waals surface area contributed by atoms with Crippen molar-refractivity contribution in [1.82, 2.24) is 5.32 Å². The third-order valence-corrected chi connectivity index (χ3v) is 5.41. The van der Waals surface area contributed by atoms with Crippen LogP contribution >= 0.6 is 12.4 Å². The maximum absolute atomic E-state index is 13.0. The number of hydrogen-bond acceptors (Lipinski definition) is 5. The lowest BCUT2D eigenvalue weighted by atomic mass is 10.0. The van der Waals surface area contributed by atoms with Gasteiger partial charge in [-0.05, 0) is 67.4 Å². The summed E-state index contributed by atoms with van der Waals surface area (Å²) >= 11 is 0. The molecule has 0 spiro atoms. The molecule has 3 aromatic rings. The quantitative estimate of drug-likeness (QED) is 0.422. The van der Waals surface area contributed by atoms with Gasteiger partial charge in [0, 0.05) is 0 Å². The van der Waals surface area contributed by atoms with Crippen molar-refractivity contribution < 1.29 is 24.5 Å². The number of carboxylic acid groups (broad SMARTS) is 1. The first-order valence-corrected chi connectivity index (χ1v) is 10.5. The molecular weight excluding hydrogens is 444 g/mol. The highest BCUT2D eigenvalue weighted by molar-refractivity contribution is 6.09. The Morgan fingerprint density at radius 1 is 0.909 bits per heavy atom. The number of rotatable bonds is 6. The van der Waals surface area contributed by atoms with Crippen molar-refractivity contribution >= 4 is 30.0 Å². The lowest BCUT2D eigenvalue weighted by Gasteiger charge is -2.24. The number of nitrogens with one attached hydrogen (secondary N) is 2. The molecule has 4 N–H and O–H groups in total. The number of carbonyl (C=O) groups is 2. The Kier molecular flexibility index (Phi) is 7.92. The Labute approximate surface area is 197 Å². The average Bonchev–Trinajstić information content (AvgIpc) is 2.81. The topological polar surface area (TPSA) is 108 Å². The highest BCUT2D eigenvalue weighted by Crippen LogP contribution is 2.29. The van der Waals surface area contributed by atoms with E-state index in [0.29, 0.717) is 5.75 Å². The predicted molar refractivity (Wildman–Crippen MR) is 129 cm³/mol. The standard InChI is InChI=1S/C25H24N2O5.ClH/c28-23-9-7-19(32-18-10-12-26-13-11-18)15-21(23)24(29)27-22-14-17(6-8-20(22)25(30)31)16-4-2-1-3-5-16;/h1-9,14-15,18,26,28H,10-13H2,(H,27,29)(H,30,31);1H. The number of benzene rings is 3. The van der Waals surface area contributed by atoms with Gasteiger partial charge in [-0.25, -0.2) is 4.79 Å². The maximum Gasteiger partial charge on any atom is 0.337 e. The van der Waals surface area contributed by atoms with Gasteiger partial charge in [-0.3, -0.25) is 4.79 Å². The van der Waals surface area contributed by atoms with Gasteiger partial charge >= 0.3 is 5.97 Å². The molecule has 0 radical (unpaired) electrons. The van der Waals surface area contributed by atoms with Crippen LogP contribution < -0.4 is 15.4 Å². The van der Waals surface area contributed by atoms with E-state index in [4.69, 9.17) is 4.74 Å². The number of carboxylic acids is 1. The number of amides is 1. The Bertz CT molecular complexity index is 1130. The van der Waals surface area contributed by atoms with E-state index in [0.717, 1.165) is 37.1 Å². The lowest BCUT2D eigenvalue weighted by Crippen LogP contribution is -2.34. The molecule has 1 saturated heterocycles. The number of piperidine rings is 1. The SMILES string of the molecule is Cl.O=C(Nc1cc(-c2ccccc2)ccc1C(=O)O)c1cc(OC2CCNCC2)ccc1O. The van der Waals surface area contributed by atoms with Crippen molar-refractivity contribution in [1.29, 1.82) is 0 Å². The van der Waals surface area contributed by atoms with Crippen LogP contribution in [0.5, 0.6) is 11.5 Å². The zero-order valence-corrected chi connectivity index (χ0v) is 18.6. The van der Waals surface area contributed by atoms with Gasteiger partial charge in [-0.15, -0.1) is 12.4 Å². The van der Waals surface area contributed by atoms with E-state index in [-0.39, 0.29) is 41.1 Å². The van der Waals surface area contributed by atoms with Gasteiger partial charge in [-0.1, -0.05) is 36.4 Å². The minimum atomic E-state index is -1.16. The fourth-order valence-electron chi connectivity index (χ4n) is 3.71. The Hall–Kier alpha value is -3.55. The minimum absolute atomic E-state index is 0. The summed E-state index contributed by atoms with van der Waals surface area (Å²) in [7, 11) is 0. The normalized spacial score (nSPS) is 13.6. The summed E-state index contributed by atoms with van der Waals surface area (Å²) in [6.45, 7) is 1.73. The minimum Gasteiger partial charge on any atom is -0.507 e. The van der Waals surface area contributed by atoms with Crippen LogP contribution in [-0.4, -0.2) is 41.3 Å². The van der Waals surface area contributed by atoms with E-state index in [1.54, 1.807) is 18.2 Å². The number of halogens is 1. The van der Waals surface area contributed by atoms with Crippen LogP contribution in [0.1, 0.15) is 33.6 Å². The van der Waals surface area contributed by atoms with Gasteiger partial charge in [-0.2, -0.15) is 0 Å². The molecule has 0 unspecified atom stereocenters. The zero-order chi connectivity index (χ0) is 22.5. The van der Waals surface area contributed by atoms with Crippen molar-refractivity contribution in [2.75, 3.05) is 18.4 Å². The Morgan fingerprint density at radius 2 is 1.64 bits per heavy atom. The molecule has 1 aliphatic rings. The van der Waals surface area contributed by atoms with Gasteiger partial charge in [0.05, 0.1) is 16.8 Å². The smallest absolute Gasteiger partial charge is 0.337 e. The fourth-order valence-corrected chi connectivity index (χ4v) is 3.71. The Morgan fingerprint density at radius 3 is 2.33 bits per heavy atom. The number of phenolic OH excluding ortho intramolecular Hbond substituents is 1. The first-order valence-electron chi connectivity index (χ1n) is 10.5. The summed E-state index contributed by atoms with van der Waals surface area (Å²) in [5, 5.41) is 25.7. The second-order valence-electron chi connectivity index (χ2n) is 7.63. The van der Waals surface area contributed by atoms with Crippen molar-refractivity contribution in [3.05, 3.63) is 77.9 Å². The third kappa shape index (κ3) is 5.83. The van der Waals surface area contributed by atoms with Crippen LogP contribution in [0.25, 0.3) is 11.1 Å². The van der Waals surface area contributed by atoms with E-state index >= 15 is 0 Å². The van der Waals surface area contributed by atoms with Crippen molar-refractivity contribution in [2.24, 2.45) is 0 Å². The molecule has 1 amide bonds. The molecule has 1 fully saturated rings. The monoisotopic (exact) mass is 468 g/mol. The van der Waals surface area contributed by atoms with Crippen molar-refractivity contribution in [2.45, 2.75) is 18.9 Å². The van der Waals surface area contributed by atoms with Crippen LogP contribution in [0.4, 0.5) is 5.69 Å². The molecule has 1 aliphatic heterocycles. The van der Waals surface area contributed by atoms with E-state index in [1.165, 1.54) is 18.2 Å². The largest absolute Gasteiger partial charge is 0.507 e. The number of phenols is 1. The zero-order valence-electron chi connectivity index (χ0n) is 17.8. The Balaban J connectivity index is 0.00000306. The number of carbonyl (C=O) groups excluding carboxylic acids is 1. The molecular formula is C25H25ClN2O5. The highest BCUT2D eigenvalue weighted by Gasteiger charge is 2.19. The van der Waals surface area contributed by atoms with Gasteiger partial charge in [0.1, 0.15) is 17.6 Å². The van der Waals surface area contributed by atoms with E-state index in [2.05, 4.69) is 10.6 Å². The molecule has 33 heavy (non-hydrogen) atoms. The third-order valence-electron chi connectivity index (χ3n) is 5.41. The second-order valence-corrected chi connectivity index (χ2v) is 7.63. The molecule has 0 saturated carbocycles. The first kappa shape index (κ1) is 24.1. The summed E-state index contributed by atoms with van der Waals surface area (Å²) in [6.07, 6.45) is 1.76. The van der Waals surface area contributed by atoms with Gasteiger partial charge in [0.25, 0.3) is 5.91 Å². The van der Waals surface area contributed by atoms with Crippen LogP contribution in [0.15, 0.2) is 66.7 Å². The van der Waals surface area contributed by atoms with Gasteiger partial charge < -0.3 is 25.6 Å². The summed E-state index contributed by atoms with van der Waals surface area (Å²) in [6, 6.07) is 18.7. The fraction of sp³-hybridized carbons (Fsp3) is 0.200. The molecule has 172 valence electrons. The molecule has 1 heterocycles. The van der Waals surface area contributed by atoms with E-state index in [9.17, 15) is 19.8 Å². The summed E-state index contributed by atoms with van der Waals surface area (Å²) in [5.74, 6) is -1.51. The van der Waals surface area contributed by atoms with Gasteiger partial charge in [0.2, 0.25) is 0 Å². The number of aromatic carboxylic acids is 1. The number of aromatic hydroxyl groups is 1. The van der Waals surface area contributed by atoms with Crippen LogP contribution in [0.2, 0.25) is 0 Å². The molecule has 8 heteroatoms. The molecule has 3 aromatic carbocycles. The first-order chi connectivity index (χ1) is 15.5. The molecule has 0 aliphatic carbocycles. The summed E-state index contributed by atoms with van der Waals surface area (Å²) < 4.78 is 5.97. The second kappa shape index (κ2) is 10.8. The molecule has 0 atom stereocenters. The van der Waals surface area contributed by atoms with Crippen molar-refractivity contribution in [3.63, 3.8) is 0 Å². The molecule has 4 rings (SSSR count). The highest BCUT2D eigenvalue weighted by atomic mass is 35.5. The van der Waals surface area contributed by atoms with Crippen molar-refractivity contribution in [3.8, 4) is 22.6 Å². The van der Waals surface area contributed by atoms with Crippen LogP contribution in [0, 0.1) is 0 Å². The number of hydrogen-bond donors (Lipinski definition) is 4. The molecule has 0 aromatic heterocycles. The van der Waals surface area contributed by atoms with E-state index in [1.807, 2.05) is 30.3 Å². The summed E-state index contributed by atoms with van der Waals surface area (Å²) in [5.41, 5.74) is 1.77. The lowest BCUT2D eigenvalue weighted by molar-refractivity contribution is 0.0698. The van der Waals surface area contributed by atoms with Crippen LogP contribution in [0.3, 0.4) is 0 Å². The van der Waals surface area contributed by atoms with Gasteiger partial charge in [0.15, 0.2) is 0 Å². The van der Waals surface area contributed by atoms with Crippen LogP contribution in [-0.2, 0) is 0 Å². The number of ether oxygens (including phenoxy) is 1. The average molecular weight is 469 g/mol. The predicted octanol–water partition coefficient (Wildman–Crippen LogP) is 4.56. The van der Waals surface area contributed by atoms with E-state index < -0.39 is 11.9 Å². The number of anilines is 1. The summed E-state index contributed by atoms with van der Waals surface area (Å²) in [4.78, 5) is 24.7. The molecule has 7 nitrogen and oxygen atoms in total. The molecule has 0 bridgehead atoms. The maximum atomic E-state index is 13.0.